The molecule has 1 aliphatic rings. The highest BCUT2D eigenvalue weighted by atomic mass is 16.5. The fourth-order valence-electron chi connectivity index (χ4n) is 2.77. The largest absolute Gasteiger partial charge is 0.493 e. The van der Waals surface area contributed by atoms with Gasteiger partial charge in [-0.15, -0.1) is 0 Å². The van der Waals surface area contributed by atoms with E-state index in [0.29, 0.717) is 25.6 Å². The van der Waals surface area contributed by atoms with Crippen LogP contribution < -0.4 is 15.8 Å². The second-order valence-electron chi connectivity index (χ2n) is 6.94. The average Bonchev–Trinajstić information content (AvgIpc) is 2.64. The maximum Gasteiger partial charge on any atom is 0.241 e. The molecule has 0 spiro atoms. The van der Waals surface area contributed by atoms with Crippen LogP contribution >= 0.6 is 0 Å². The first-order chi connectivity index (χ1) is 12.0. The Morgan fingerprint density at radius 1 is 1.24 bits per heavy atom. The average molecular weight is 347 g/mol. The maximum atomic E-state index is 12.2. The number of benzene rings is 1. The van der Waals surface area contributed by atoms with Gasteiger partial charge in [-0.1, -0.05) is 32.0 Å². The Labute approximate surface area is 149 Å². The Hall–Kier alpha value is -2.08. The van der Waals surface area contributed by atoms with Gasteiger partial charge in [-0.3, -0.25) is 9.59 Å². The van der Waals surface area contributed by atoms with E-state index in [2.05, 4.69) is 5.32 Å². The first kappa shape index (κ1) is 19.2. The van der Waals surface area contributed by atoms with Crippen molar-refractivity contribution in [3.63, 3.8) is 0 Å². The van der Waals surface area contributed by atoms with Gasteiger partial charge in [-0.2, -0.15) is 0 Å². The number of nitrogens with one attached hydrogen (secondary N) is 1. The van der Waals surface area contributed by atoms with E-state index in [1.165, 1.54) is 0 Å². The third-order valence-electron chi connectivity index (χ3n) is 4.63. The molecule has 3 N–H and O–H groups in total. The Morgan fingerprint density at radius 3 is 2.48 bits per heavy atom. The molecular formula is C19H29N3O3. The summed E-state index contributed by atoms with van der Waals surface area (Å²) >= 11 is 0. The summed E-state index contributed by atoms with van der Waals surface area (Å²) in [5, 5.41) is 2.64. The number of hydrogen-bond acceptors (Lipinski definition) is 4. The van der Waals surface area contributed by atoms with E-state index in [1.54, 1.807) is 4.90 Å². The molecular weight excluding hydrogens is 318 g/mol. The minimum Gasteiger partial charge on any atom is -0.493 e. The minimum atomic E-state index is -0.575. The fraction of sp³-hybridized carbons (Fsp3) is 0.579. The highest BCUT2D eigenvalue weighted by molar-refractivity contribution is 5.87. The van der Waals surface area contributed by atoms with Crippen LogP contribution in [-0.2, 0) is 9.59 Å². The van der Waals surface area contributed by atoms with Gasteiger partial charge in [0.2, 0.25) is 11.8 Å². The molecule has 138 valence electrons. The van der Waals surface area contributed by atoms with Crippen LogP contribution in [0.25, 0.3) is 0 Å². The predicted octanol–water partition coefficient (Wildman–Crippen LogP) is 1.40. The van der Waals surface area contributed by atoms with E-state index >= 15 is 0 Å². The second-order valence-corrected chi connectivity index (χ2v) is 6.94. The lowest BCUT2D eigenvalue weighted by Crippen LogP contribution is -2.49. The van der Waals surface area contributed by atoms with Gasteiger partial charge in [0.05, 0.1) is 19.2 Å². The molecule has 1 fully saturated rings. The van der Waals surface area contributed by atoms with Crippen molar-refractivity contribution in [3.8, 4) is 5.75 Å². The normalized spacial score (nSPS) is 16.6. The summed E-state index contributed by atoms with van der Waals surface area (Å²) in [4.78, 5) is 25.8. The SMILES string of the molecule is CC(C)[C@H](N)C(=O)NCC(=O)N1CCC(COc2ccccc2)CC1. The lowest BCUT2D eigenvalue weighted by molar-refractivity contribution is -0.134. The lowest BCUT2D eigenvalue weighted by atomic mass is 9.97. The van der Waals surface area contributed by atoms with Gasteiger partial charge in [-0.25, -0.2) is 0 Å². The number of carbonyl (C=O) groups is 2. The topological polar surface area (TPSA) is 84.7 Å². The number of ether oxygens (including phenoxy) is 1. The maximum absolute atomic E-state index is 12.2. The van der Waals surface area contributed by atoms with Gasteiger partial charge in [0.1, 0.15) is 5.75 Å². The van der Waals surface area contributed by atoms with E-state index in [0.717, 1.165) is 18.6 Å². The number of rotatable bonds is 7. The van der Waals surface area contributed by atoms with Gasteiger partial charge in [-0.05, 0) is 36.8 Å². The number of nitrogens with two attached hydrogens (primary N) is 1. The highest BCUT2D eigenvalue weighted by Crippen LogP contribution is 2.19. The summed E-state index contributed by atoms with van der Waals surface area (Å²) in [6.45, 7) is 5.86. The van der Waals surface area contributed by atoms with Crippen LogP contribution in [0.4, 0.5) is 0 Å². The van der Waals surface area contributed by atoms with Gasteiger partial charge < -0.3 is 20.7 Å². The molecule has 6 heteroatoms. The van der Waals surface area contributed by atoms with E-state index in [4.69, 9.17) is 10.5 Å². The molecule has 1 atom stereocenters. The first-order valence-electron chi connectivity index (χ1n) is 8.96. The standard InChI is InChI=1S/C19H29N3O3/c1-14(2)18(20)19(24)21-12-17(23)22-10-8-15(9-11-22)13-25-16-6-4-3-5-7-16/h3-7,14-15,18H,8-13,20H2,1-2H3,(H,21,24)/t18-/m0/s1. The van der Waals surface area contributed by atoms with E-state index in [1.807, 2.05) is 44.2 Å². The number of likely N-dealkylation sites (tertiary alicyclic amines) is 1. The van der Waals surface area contributed by atoms with Crippen molar-refractivity contribution >= 4 is 11.8 Å². The molecule has 25 heavy (non-hydrogen) atoms. The van der Waals surface area contributed by atoms with Crippen LogP contribution in [0.2, 0.25) is 0 Å². The second kappa shape index (κ2) is 9.42. The monoisotopic (exact) mass is 347 g/mol. The van der Waals surface area contributed by atoms with Crippen LogP contribution in [-0.4, -0.2) is 49.0 Å². The van der Waals surface area contributed by atoms with Crippen LogP contribution in [0.15, 0.2) is 30.3 Å². The third-order valence-corrected chi connectivity index (χ3v) is 4.63. The summed E-state index contributed by atoms with van der Waals surface area (Å²) in [6, 6.07) is 9.19. The zero-order chi connectivity index (χ0) is 18.2. The van der Waals surface area contributed by atoms with Crippen molar-refractivity contribution in [2.45, 2.75) is 32.7 Å². The van der Waals surface area contributed by atoms with Crippen LogP contribution in [0.3, 0.4) is 0 Å². The van der Waals surface area contributed by atoms with Gasteiger partial charge in [0, 0.05) is 13.1 Å². The van der Waals surface area contributed by atoms with Crippen LogP contribution in [0.5, 0.6) is 5.75 Å². The van der Waals surface area contributed by atoms with Gasteiger partial charge in [0.25, 0.3) is 0 Å². The Bertz CT molecular complexity index is 554. The summed E-state index contributed by atoms with van der Waals surface area (Å²) in [7, 11) is 0. The van der Waals surface area contributed by atoms with Crippen molar-refractivity contribution in [1.29, 1.82) is 0 Å². The number of amides is 2. The molecule has 0 radical (unpaired) electrons. The molecule has 1 heterocycles. The number of carbonyl (C=O) groups excluding carboxylic acids is 2. The molecule has 2 amide bonds. The van der Waals surface area contributed by atoms with Gasteiger partial charge in [0.15, 0.2) is 0 Å². The summed E-state index contributed by atoms with van der Waals surface area (Å²) in [5.41, 5.74) is 5.77. The molecule has 1 aliphatic heterocycles. The Balaban J connectivity index is 1.67. The smallest absolute Gasteiger partial charge is 0.241 e. The van der Waals surface area contributed by atoms with Gasteiger partial charge >= 0.3 is 0 Å². The Kier molecular flexibility index (Phi) is 7.25. The molecule has 1 saturated heterocycles. The zero-order valence-electron chi connectivity index (χ0n) is 15.1. The molecule has 0 unspecified atom stereocenters. The molecule has 0 saturated carbocycles. The van der Waals surface area contributed by atoms with E-state index in [-0.39, 0.29) is 24.3 Å². The predicted molar refractivity (Wildman–Crippen MR) is 97.1 cm³/mol. The van der Waals surface area contributed by atoms with Crippen molar-refractivity contribution < 1.29 is 14.3 Å². The lowest BCUT2D eigenvalue weighted by Gasteiger charge is -2.32. The quantitative estimate of drug-likeness (QED) is 0.781. The molecule has 1 aromatic rings. The van der Waals surface area contributed by atoms with E-state index < -0.39 is 6.04 Å². The number of nitrogens with zero attached hydrogens (tertiary/aromatic N) is 1. The van der Waals surface area contributed by atoms with Crippen LogP contribution in [0.1, 0.15) is 26.7 Å². The molecule has 2 rings (SSSR count). The third kappa shape index (κ3) is 6.05. The Morgan fingerprint density at radius 2 is 1.88 bits per heavy atom. The molecule has 6 nitrogen and oxygen atoms in total. The minimum absolute atomic E-state index is 0.0183. The summed E-state index contributed by atoms with van der Waals surface area (Å²) in [6.07, 6.45) is 1.83. The number of piperidine rings is 1. The van der Waals surface area contributed by atoms with Crippen molar-refractivity contribution in [3.05, 3.63) is 30.3 Å². The molecule has 0 aromatic heterocycles. The summed E-state index contributed by atoms with van der Waals surface area (Å²) in [5.74, 6) is 1.06. The highest BCUT2D eigenvalue weighted by Gasteiger charge is 2.24. The van der Waals surface area contributed by atoms with Crippen molar-refractivity contribution in [1.82, 2.24) is 10.2 Å². The zero-order valence-corrected chi connectivity index (χ0v) is 15.1. The van der Waals surface area contributed by atoms with Crippen molar-refractivity contribution in [2.75, 3.05) is 26.2 Å². The molecule has 1 aromatic carbocycles. The summed E-state index contributed by atoms with van der Waals surface area (Å²) < 4.78 is 5.79. The molecule has 0 bridgehead atoms. The molecule has 0 aliphatic carbocycles. The fourth-order valence-corrected chi connectivity index (χ4v) is 2.77. The van der Waals surface area contributed by atoms with E-state index in [9.17, 15) is 9.59 Å². The van der Waals surface area contributed by atoms with Crippen molar-refractivity contribution in [2.24, 2.45) is 17.6 Å². The van der Waals surface area contributed by atoms with Crippen LogP contribution in [0, 0.1) is 11.8 Å². The first-order valence-corrected chi connectivity index (χ1v) is 8.96. The number of hydrogen-bond donors (Lipinski definition) is 2. The number of para-hydroxylation sites is 1.